The van der Waals surface area contributed by atoms with Crippen LogP contribution in [0.4, 0.5) is 0 Å². The minimum atomic E-state index is -0.0310. The number of aliphatic hydroxyl groups is 1. The number of carbonyl (C=O) groups excluding carboxylic acids is 1. The molecule has 0 unspecified atom stereocenters. The van der Waals surface area contributed by atoms with Gasteiger partial charge in [-0.25, -0.2) is 0 Å². The molecule has 1 aromatic carbocycles. The number of aromatic hydroxyl groups is 1. The molecular weight excluding hydrogens is 228 g/mol. The molecule has 0 saturated carbocycles. The number of rotatable bonds is 4. The molecule has 0 amide bonds. The van der Waals surface area contributed by atoms with Crippen molar-refractivity contribution in [2.45, 2.75) is 25.7 Å². The van der Waals surface area contributed by atoms with Gasteiger partial charge in [0, 0.05) is 12.8 Å². The number of ketones is 1. The molecule has 0 heterocycles. The summed E-state index contributed by atoms with van der Waals surface area (Å²) in [4.78, 5) is 11.9. The SMILES string of the molecule is O=C(CCc1ccc(O)cc1)C1=C(O)CCC=C1. The summed E-state index contributed by atoms with van der Waals surface area (Å²) in [5.41, 5.74) is 1.45. The highest BCUT2D eigenvalue weighted by molar-refractivity contribution is 5.98. The summed E-state index contributed by atoms with van der Waals surface area (Å²) < 4.78 is 0. The minimum absolute atomic E-state index is 0.0310. The first-order valence-corrected chi connectivity index (χ1v) is 6.06. The molecule has 0 radical (unpaired) electrons. The third-order valence-corrected chi connectivity index (χ3v) is 3.02. The molecule has 0 bridgehead atoms. The number of hydrogen-bond acceptors (Lipinski definition) is 3. The molecule has 0 spiro atoms. The minimum Gasteiger partial charge on any atom is -0.512 e. The highest BCUT2D eigenvalue weighted by Crippen LogP contribution is 2.19. The van der Waals surface area contributed by atoms with Crippen LogP contribution in [0.2, 0.25) is 0 Å². The van der Waals surface area contributed by atoms with Gasteiger partial charge in [0.25, 0.3) is 0 Å². The quantitative estimate of drug-likeness (QED) is 0.855. The molecule has 0 aliphatic heterocycles. The molecule has 1 aliphatic carbocycles. The van der Waals surface area contributed by atoms with Crippen LogP contribution in [0.25, 0.3) is 0 Å². The van der Waals surface area contributed by atoms with Gasteiger partial charge in [-0.05, 0) is 30.5 Å². The van der Waals surface area contributed by atoms with E-state index in [1.165, 1.54) is 0 Å². The lowest BCUT2D eigenvalue weighted by molar-refractivity contribution is -0.115. The topological polar surface area (TPSA) is 57.5 Å². The van der Waals surface area contributed by atoms with Crippen LogP contribution in [0.1, 0.15) is 24.8 Å². The molecule has 0 atom stereocenters. The smallest absolute Gasteiger partial charge is 0.166 e. The maximum absolute atomic E-state index is 11.9. The molecular formula is C15H16O3. The number of phenolic OH excluding ortho intramolecular Hbond substituents is 1. The van der Waals surface area contributed by atoms with Gasteiger partial charge >= 0.3 is 0 Å². The molecule has 3 nitrogen and oxygen atoms in total. The molecule has 2 N–H and O–H groups in total. The van der Waals surface area contributed by atoms with Crippen molar-refractivity contribution in [1.82, 2.24) is 0 Å². The van der Waals surface area contributed by atoms with E-state index in [1.807, 2.05) is 6.08 Å². The first-order chi connectivity index (χ1) is 8.66. The van der Waals surface area contributed by atoms with Gasteiger partial charge in [-0.1, -0.05) is 24.3 Å². The van der Waals surface area contributed by atoms with E-state index in [9.17, 15) is 9.90 Å². The van der Waals surface area contributed by atoms with E-state index < -0.39 is 0 Å². The van der Waals surface area contributed by atoms with Gasteiger partial charge < -0.3 is 10.2 Å². The van der Waals surface area contributed by atoms with Crippen LogP contribution in [0.5, 0.6) is 5.75 Å². The van der Waals surface area contributed by atoms with Crippen molar-refractivity contribution in [3.05, 3.63) is 53.3 Å². The Balaban J connectivity index is 1.96. The molecule has 0 saturated heterocycles. The van der Waals surface area contributed by atoms with Gasteiger partial charge in [0.15, 0.2) is 5.78 Å². The second kappa shape index (κ2) is 5.54. The Hall–Kier alpha value is -2.03. The van der Waals surface area contributed by atoms with E-state index in [0.29, 0.717) is 24.8 Å². The van der Waals surface area contributed by atoms with E-state index in [0.717, 1.165) is 12.0 Å². The summed E-state index contributed by atoms with van der Waals surface area (Å²) in [7, 11) is 0. The zero-order valence-electron chi connectivity index (χ0n) is 10.1. The van der Waals surface area contributed by atoms with E-state index in [2.05, 4.69) is 0 Å². The van der Waals surface area contributed by atoms with Crippen molar-refractivity contribution < 1.29 is 15.0 Å². The summed E-state index contributed by atoms with van der Waals surface area (Å²) in [6, 6.07) is 6.81. The molecule has 94 valence electrons. The summed E-state index contributed by atoms with van der Waals surface area (Å²) in [6.07, 6.45) is 5.95. The first-order valence-electron chi connectivity index (χ1n) is 6.06. The fourth-order valence-electron chi connectivity index (χ4n) is 1.96. The number of allylic oxidation sites excluding steroid dienone is 4. The molecule has 1 aromatic rings. The second-order valence-electron chi connectivity index (χ2n) is 4.39. The van der Waals surface area contributed by atoms with Crippen molar-refractivity contribution in [3.63, 3.8) is 0 Å². The number of carbonyl (C=O) groups is 1. The average Bonchev–Trinajstić information content (AvgIpc) is 2.38. The predicted octanol–water partition coefficient (Wildman–Crippen LogP) is 3.06. The zero-order valence-corrected chi connectivity index (χ0v) is 10.1. The zero-order chi connectivity index (χ0) is 13.0. The molecule has 3 heteroatoms. The lowest BCUT2D eigenvalue weighted by Crippen LogP contribution is -2.07. The van der Waals surface area contributed by atoms with Crippen LogP contribution in [0.3, 0.4) is 0 Å². The van der Waals surface area contributed by atoms with Crippen LogP contribution in [-0.4, -0.2) is 16.0 Å². The van der Waals surface area contributed by atoms with E-state index >= 15 is 0 Å². The van der Waals surface area contributed by atoms with Crippen LogP contribution < -0.4 is 0 Å². The van der Waals surface area contributed by atoms with Gasteiger partial charge in [-0.2, -0.15) is 0 Å². The molecule has 18 heavy (non-hydrogen) atoms. The number of aliphatic hydroxyl groups excluding tert-OH is 1. The Morgan fingerprint density at radius 3 is 2.56 bits per heavy atom. The Bertz CT molecular complexity index is 495. The summed E-state index contributed by atoms with van der Waals surface area (Å²) >= 11 is 0. The lowest BCUT2D eigenvalue weighted by Gasteiger charge is -2.09. The lowest BCUT2D eigenvalue weighted by atomic mass is 9.97. The number of phenols is 1. The summed E-state index contributed by atoms with van der Waals surface area (Å²) in [5, 5.41) is 18.8. The summed E-state index contributed by atoms with van der Waals surface area (Å²) in [5.74, 6) is 0.394. The Kier molecular flexibility index (Phi) is 3.82. The van der Waals surface area contributed by atoms with Crippen molar-refractivity contribution >= 4 is 5.78 Å². The van der Waals surface area contributed by atoms with Crippen LogP contribution >= 0.6 is 0 Å². The second-order valence-corrected chi connectivity index (χ2v) is 4.39. The third-order valence-electron chi connectivity index (χ3n) is 3.02. The van der Waals surface area contributed by atoms with Crippen molar-refractivity contribution in [1.29, 1.82) is 0 Å². The normalized spacial score (nSPS) is 14.9. The number of hydrogen-bond donors (Lipinski definition) is 2. The summed E-state index contributed by atoms with van der Waals surface area (Å²) in [6.45, 7) is 0. The molecule has 1 aliphatic rings. The van der Waals surface area contributed by atoms with Crippen LogP contribution in [0.15, 0.2) is 47.7 Å². The highest BCUT2D eigenvalue weighted by atomic mass is 16.3. The van der Waals surface area contributed by atoms with Gasteiger partial charge in [0.1, 0.15) is 11.5 Å². The predicted molar refractivity (Wildman–Crippen MR) is 69.5 cm³/mol. The first kappa shape index (κ1) is 12.4. The fourth-order valence-corrected chi connectivity index (χ4v) is 1.96. The standard InChI is InChI=1S/C15H16O3/c16-12-8-5-11(6-9-12)7-10-15(18)13-3-1-2-4-14(13)17/h1,3,5-6,8-9,16-17H,2,4,7,10H2. The van der Waals surface area contributed by atoms with E-state index in [-0.39, 0.29) is 17.3 Å². The largest absolute Gasteiger partial charge is 0.512 e. The van der Waals surface area contributed by atoms with Gasteiger partial charge in [-0.15, -0.1) is 0 Å². The number of benzene rings is 1. The van der Waals surface area contributed by atoms with Gasteiger partial charge in [-0.3, -0.25) is 4.79 Å². The third kappa shape index (κ3) is 3.00. The highest BCUT2D eigenvalue weighted by Gasteiger charge is 2.14. The van der Waals surface area contributed by atoms with E-state index in [1.54, 1.807) is 30.3 Å². The van der Waals surface area contributed by atoms with Crippen LogP contribution in [-0.2, 0) is 11.2 Å². The van der Waals surface area contributed by atoms with Gasteiger partial charge in [0.2, 0.25) is 0 Å². The molecule has 0 fully saturated rings. The Morgan fingerprint density at radius 2 is 1.89 bits per heavy atom. The van der Waals surface area contributed by atoms with Crippen molar-refractivity contribution in [2.75, 3.05) is 0 Å². The van der Waals surface area contributed by atoms with E-state index in [4.69, 9.17) is 5.11 Å². The Morgan fingerprint density at radius 1 is 1.17 bits per heavy atom. The molecule has 2 rings (SSSR count). The van der Waals surface area contributed by atoms with Crippen molar-refractivity contribution in [3.8, 4) is 5.75 Å². The fraction of sp³-hybridized carbons (Fsp3) is 0.267. The molecule has 0 aromatic heterocycles. The van der Waals surface area contributed by atoms with Gasteiger partial charge in [0.05, 0.1) is 5.57 Å². The maximum atomic E-state index is 11.9. The monoisotopic (exact) mass is 244 g/mol. The maximum Gasteiger partial charge on any atom is 0.166 e. The number of aryl methyl sites for hydroxylation is 1. The average molecular weight is 244 g/mol. The Labute approximate surface area is 106 Å². The number of Topliss-reactive ketones (excluding diaryl/α,β-unsaturated/α-hetero) is 1. The van der Waals surface area contributed by atoms with Crippen molar-refractivity contribution in [2.24, 2.45) is 0 Å². The van der Waals surface area contributed by atoms with Crippen LogP contribution in [0, 0.1) is 0 Å².